The van der Waals surface area contributed by atoms with Crippen molar-refractivity contribution in [2.45, 2.75) is 112 Å². The largest absolute Gasteiger partial charge is 0.493 e. The van der Waals surface area contributed by atoms with E-state index in [0.717, 1.165) is 19.4 Å². The number of piperidine rings is 2. The van der Waals surface area contributed by atoms with E-state index in [1.54, 1.807) is 13.0 Å². The summed E-state index contributed by atoms with van der Waals surface area (Å²) >= 11 is 0. The lowest BCUT2D eigenvalue weighted by atomic mass is 9.49. The summed E-state index contributed by atoms with van der Waals surface area (Å²) in [5, 5.41) is 73.3. The summed E-state index contributed by atoms with van der Waals surface area (Å²) in [7, 11) is 2.93. The Balaban J connectivity index is 1.27. The number of fused-ring (bicyclic) bond motifs is 5. The lowest BCUT2D eigenvalue weighted by molar-refractivity contribution is -0.295. The Morgan fingerprint density at radius 1 is 1.00 bits per heavy atom. The first kappa shape index (κ1) is 33.1. The van der Waals surface area contributed by atoms with Gasteiger partial charge in [0.25, 0.3) is 0 Å². The molecule has 3 saturated heterocycles. The van der Waals surface area contributed by atoms with Gasteiger partial charge in [-0.3, -0.25) is 4.90 Å². The van der Waals surface area contributed by atoms with E-state index in [9.17, 15) is 35.4 Å². The topological polar surface area (TPSA) is 179 Å². The Bertz CT molecular complexity index is 1490. The molecule has 0 aromatic heterocycles. The number of benzene rings is 1. The fourth-order valence-electron chi connectivity index (χ4n) is 12.7. The second-order valence-corrected chi connectivity index (χ2v) is 16.7. The summed E-state index contributed by atoms with van der Waals surface area (Å²) in [6, 6.07) is 4.32. The van der Waals surface area contributed by atoms with Crippen LogP contribution < -0.4 is 9.47 Å². The van der Waals surface area contributed by atoms with Gasteiger partial charge in [0.1, 0.15) is 11.7 Å². The lowest BCUT2D eigenvalue weighted by Crippen LogP contribution is -2.77. The number of carbonyl (C=O) groups excluding carboxylic acids is 1. The highest BCUT2D eigenvalue weighted by Crippen LogP contribution is 2.77. The Hall–Kier alpha value is -2.03. The van der Waals surface area contributed by atoms with E-state index < -0.39 is 88.0 Å². The van der Waals surface area contributed by atoms with Gasteiger partial charge >= 0.3 is 5.97 Å². The summed E-state index contributed by atoms with van der Waals surface area (Å²) < 4.78 is 23.7. The van der Waals surface area contributed by atoms with Crippen LogP contribution in [0.25, 0.3) is 0 Å². The smallest absolute Gasteiger partial charge is 0.338 e. The van der Waals surface area contributed by atoms with Crippen molar-refractivity contribution in [3.63, 3.8) is 0 Å². The van der Waals surface area contributed by atoms with Crippen molar-refractivity contribution in [2.75, 3.05) is 27.3 Å². The molecule has 1 spiro atoms. The molecule has 7 aliphatic rings. The first-order valence-corrected chi connectivity index (χ1v) is 17.7. The molecule has 0 radical (unpaired) electrons. The molecule has 0 amide bonds. The van der Waals surface area contributed by atoms with Gasteiger partial charge in [-0.15, -0.1) is 0 Å². The van der Waals surface area contributed by atoms with Crippen molar-refractivity contribution in [2.24, 2.45) is 40.9 Å². The van der Waals surface area contributed by atoms with E-state index in [0.29, 0.717) is 36.8 Å². The van der Waals surface area contributed by atoms with Crippen LogP contribution in [0.15, 0.2) is 18.2 Å². The van der Waals surface area contributed by atoms with Crippen molar-refractivity contribution >= 4 is 5.97 Å². The second kappa shape index (κ2) is 10.5. The van der Waals surface area contributed by atoms with Crippen LogP contribution in [-0.2, 0) is 9.47 Å². The van der Waals surface area contributed by atoms with E-state index in [1.165, 1.54) is 26.4 Å². The highest BCUT2D eigenvalue weighted by atomic mass is 16.7. The molecule has 16 atom stereocenters. The maximum atomic E-state index is 14.0. The summed E-state index contributed by atoms with van der Waals surface area (Å²) in [5.41, 5.74) is -5.30. The summed E-state index contributed by atoms with van der Waals surface area (Å²) in [6.45, 7) is 7.22. The first-order chi connectivity index (χ1) is 22.6. The van der Waals surface area contributed by atoms with Gasteiger partial charge in [0.2, 0.25) is 0 Å². The van der Waals surface area contributed by atoms with Gasteiger partial charge in [0, 0.05) is 42.3 Å². The minimum atomic E-state index is -2.00. The zero-order valence-corrected chi connectivity index (χ0v) is 28.4. The zero-order chi connectivity index (χ0) is 34.3. The van der Waals surface area contributed by atoms with Crippen molar-refractivity contribution < 1.29 is 54.4 Å². The minimum absolute atomic E-state index is 0.0650. The molecule has 4 saturated carbocycles. The maximum Gasteiger partial charge on any atom is 0.338 e. The number of carbonyl (C=O) groups is 1. The van der Waals surface area contributed by atoms with Gasteiger partial charge in [0.15, 0.2) is 23.4 Å². The molecule has 12 heteroatoms. The van der Waals surface area contributed by atoms with E-state index in [1.807, 2.05) is 6.92 Å². The Morgan fingerprint density at radius 2 is 1.73 bits per heavy atom. The molecule has 7 fully saturated rings. The highest BCUT2D eigenvalue weighted by molar-refractivity contribution is 5.90. The van der Waals surface area contributed by atoms with Crippen LogP contribution in [0.3, 0.4) is 0 Å². The average molecular weight is 674 g/mol. The maximum absolute atomic E-state index is 14.0. The summed E-state index contributed by atoms with van der Waals surface area (Å²) in [5.74, 6) is -5.15. The van der Waals surface area contributed by atoms with Crippen LogP contribution in [0.4, 0.5) is 0 Å². The monoisotopic (exact) mass is 673 g/mol. The van der Waals surface area contributed by atoms with Crippen LogP contribution in [0.2, 0.25) is 0 Å². The molecule has 3 heterocycles. The predicted molar refractivity (Wildman–Crippen MR) is 169 cm³/mol. The number of rotatable bonds is 4. The zero-order valence-electron chi connectivity index (χ0n) is 28.4. The van der Waals surface area contributed by atoms with E-state index in [4.69, 9.17) is 18.9 Å². The number of aliphatic hydroxyl groups is 6. The van der Waals surface area contributed by atoms with Crippen LogP contribution in [0.1, 0.15) is 69.7 Å². The molecule has 3 aliphatic heterocycles. The molecular formula is C36H51NO11. The second-order valence-electron chi connectivity index (χ2n) is 16.7. The Kier molecular flexibility index (Phi) is 7.25. The van der Waals surface area contributed by atoms with Gasteiger partial charge in [0.05, 0.1) is 43.2 Å². The molecule has 16 unspecified atom stereocenters. The number of esters is 1. The Morgan fingerprint density at radius 3 is 2.44 bits per heavy atom. The van der Waals surface area contributed by atoms with Crippen molar-refractivity contribution in [3.8, 4) is 11.5 Å². The van der Waals surface area contributed by atoms with Gasteiger partial charge in [-0.1, -0.05) is 13.8 Å². The van der Waals surface area contributed by atoms with Crippen LogP contribution in [-0.4, -0.2) is 122 Å². The highest BCUT2D eigenvalue weighted by Gasteiger charge is 2.86. The Labute approximate surface area is 280 Å². The number of aliphatic hydroxyl groups excluding tert-OH is 3. The molecule has 266 valence electrons. The molecular weight excluding hydrogens is 622 g/mol. The van der Waals surface area contributed by atoms with Crippen LogP contribution >= 0.6 is 0 Å². The molecule has 4 bridgehead atoms. The quantitative estimate of drug-likeness (QED) is 0.251. The fourth-order valence-corrected chi connectivity index (χ4v) is 12.7. The molecule has 1 aromatic carbocycles. The lowest BCUT2D eigenvalue weighted by Gasteiger charge is -2.64. The number of ether oxygens (including phenoxy) is 4. The number of hydrogen-bond donors (Lipinski definition) is 6. The minimum Gasteiger partial charge on any atom is -0.493 e. The fraction of sp³-hybridized carbons (Fsp3) is 0.806. The normalized spacial score (nSPS) is 53.6. The summed E-state index contributed by atoms with van der Waals surface area (Å²) in [4.78, 5) is 16.3. The third-order valence-electron chi connectivity index (χ3n) is 14.7. The van der Waals surface area contributed by atoms with Gasteiger partial charge < -0.3 is 49.6 Å². The van der Waals surface area contributed by atoms with E-state index in [2.05, 4.69) is 11.8 Å². The van der Waals surface area contributed by atoms with E-state index >= 15 is 0 Å². The van der Waals surface area contributed by atoms with Gasteiger partial charge in [-0.05, 0) is 81.4 Å². The SMILES string of the molecule is COc1ccc(C(=O)OC2C(O)C3C(CN4CC(C)CCC4C3(C)O)C3CC45OC6(O)C(O)CCC4(C)C6CC(O)C5C32O)cc1OC. The van der Waals surface area contributed by atoms with E-state index in [-0.39, 0.29) is 24.4 Å². The molecule has 4 aliphatic carbocycles. The standard InChI is InChI=1S/C36H51NO11/c1-17-6-9-25-33(3,42)27-19(16-37(25)15-17)20-14-34-29(21(38)13-24-32(34,2)11-10-26(39)36(24,44)48-34)35(20,43)30(28(27)40)47-31(41)18-7-8-22(45-4)23(12-18)46-5/h7-8,12,17,19-21,24-30,38-40,42-44H,6,9-11,13-16H2,1-5H3. The third-order valence-corrected chi connectivity index (χ3v) is 14.7. The predicted octanol–water partition coefficient (Wildman–Crippen LogP) is 1.07. The average Bonchev–Trinajstić information content (AvgIpc) is 3.33. The van der Waals surface area contributed by atoms with Crippen LogP contribution in [0.5, 0.6) is 11.5 Å². The first-order valence-electron chi connectivity index (χ1n) is 17.7. The van der Waals surface area contributed by atoms with Crippen molar-refractivity contribution in [3.05, 3.63) is 23.8 Å². The molecule has 12 nitrogen and oxygen atoms in total. The van der Waals surface area contributed by atoms with Crippen LogP contribution in [0, 0.1) is 40.9 Å². The molecule has 1 aromatic rings. The summed E-state index contributed by atoms with van der Waals surface area (Å²) in [6.07, 6.45) is -2.64. The third kappa shape index (κ3) is 3.92. The number of hydrogen-bond acceptors (Lipinski definition) is 12. The number of nitrogens with zero attached hydrogens (tertiary/aromatic N) is 1. The van der Waals surface area contributed by atoms with Crippen molar-refractivity contribution in [1.29, 1.82) is 0 Å². The number of methoxy groups -OCH3 is 2. The molecule has 48 heavy (non-hydrogen) atoms. The van der Waals surface area contributed by atoms with Gasteiger partial charge in [-0.25, -0.2) is 4.79 Å². The van der Waals surface area contributed by atoms with Crippen molar-refractivity contribution in [1.82, 2.24) is 4.90 Å². The molecule has 8 rings (SSSR count). The molecule has 6 N–H and O–H groups in total. The van der Waals surface area contributed by atoms with Gasteiger partial charge in [-0.2, -0.15) is 0 Å².